The van der Waals surface area contributed by atoms with E-state index in [9.17, 15) is 19.8 Å². The van der Waals surface area contributed by atoms with Gasteiger partial charge in [0.25, 0.3) is 5.88 Å². The number of aliphatic hydroxyl groups excluding tert-OH is 1. The van der Waals surface area contributed by atoms with Crippen molar-refractivity contribution in [3.8, 4) is 45.0 Å². The van der Waals surface area contributed by atoms with Crippen LogP contribution in [0.25, 0.3) is 27.8 Å². The highest BCUT2D eigenvalue weighted by Gasteiger charge is 2.44. The van der Waals surface area contributed by atoms with E-state index in [1.54, 1.807) is 35.7 Å². The monoisotopic (exact) mass is 1070 g/mol. The summed E-state index contributed by atoms with van der Waals surface area (Å²) in [6.45, 7) is 9.43. The number of β-amino-alcohol motifs (C(OH)–C–C–N with tert-alkyl or cyclic N) is 1. The molecule has 404 valence electrons. The van der Waals surface area contributed by atoms with Gasteiger partial charge < -0.3 is 54.7 Å². The minimum atomic E-state index is -0.851. The lowest BCUT2D eigenvalue weighted by Gasteiger charge is -2.43. The Hall–Kier alpha value is -8.10. The maximum absolute atomic E-state index is 14.2. The van der Waals surface area contributed by atoms with Crippen LogP contribution in [-0.4, -0.2) is 120 Å². The van der Waals surface area contributed by atoms with Crippen molar-refractivity contribution in [3.05, 3.63) is 132 Å². The van der Waals surface area contributed by atoms with Crippen LogP contribution in [0.1, 0.15) is 87.5 Å². The lowest BCUT2D eigenvalue weighted by atomic mass is 9.91. The maximum Gasteiger partial charge on any atom is 0.254 e. The zero-order valence-electron chi connectivity index (χ0n) is 43.9. The molecule has 5 N–H and O–H groups in total. The number of carbonyl (C=O) groups is 2. The molecule has 7 aromatic rings. The number of phenolic OH excluding ortho intramolecular Hbond substituents is 1. The third kappa shape index (κ3) is 11.2. The van der Waals surface area contributed by atoms with Crippen molar-refractivity contribution < 1.29 is 38.5 Å². The fourth-order valence-electron chi connectivity index (χ4n) is 11.1. The number of nitrogens with one attached hydrogen (secondary N) is 1. The lowest BCUT2D eigenvalue weighted by molar-refractivity contribution is -0.141. The second kappa shape index (κ2) is 22.5. The van der Waals surface area contributed by atoms with Crippen LogP contribution >= 0.6 is 11.3 Å². The van der Waals surface area contributed by atoms with Gasteiger partial charge >= 0.3 is 0 Å². The molecule has 20 heteroatoms. The van der Waals surface area contributed by atoms with Crippen LogP contribution in [0.3, 0.4) is 0 Å². The molecule has 2 bridgehead atoms. The van der Waals surface area contributed by atoms with E-state index in [-0.39, 0.29) is 79.3 Å². The van der Waals surface area contributed by atoms with Crippen molar-refractivity contribution >= 4 is 46.4 Å². The molecule has 2 aromatic carbocycles. The molecule has 3 aliphatic heterocycles. The van der Waals surface area contributed by atoms with Gasteiger partial charge in [0.2, 0.25) is 17.7 Å². The van der Waals surface area contributed by atoms with Crippen molar-refractivity contribution in [2.45, 2.75) is 108 Å². The third-order valence-electron chi connectivity index (χ3n) is 15.2. The molecule has 5 aromatic heterocycles. The smallest absolute Gasteiger partial charge is 0.254 e. The van der Waals surface area contributed by atoms with Crippen LogP contribution in [0.2, 0.25) is 0 Å². The predicted molar refractivity (Wildman–Crippen MR) is 295 cm³/mol. The van der Waals surface area contributed by atoms with Crippen LogP contribution in [-0.2, 0) is 9.59 Å². The van der Waals surface area contributed by atoms with Crippen LogP contribution < -0.4 is 35.1 Å². The number of amides is 2. The number of pyridine rings is 2. The summed E-state index contributed by atoms with van der Waals surface area (Å²) in [6, 6.07) is 25.8. The number of piperazine rings is 1. The standard InChI is InChI=1S/C58H63N11O8S/c1-33(2)54(58(73)68-31-42(70)23-49(68)57(72)63-34(3)36-11-13-37(14-12-36)55-35(4)62-32-78-55)51-27-53(66-77-51)74-21-7-8-38-15-18-43(28-61-38)75-44-24-45(25-44)76-52-22-39(19-20-60-52)69-40-16-17-41(69)30-67(29-40)48-26-47(64-65-56(48)59)46-9-5-6-10-50(46)71/h5-15,18-20,22,26-28,32-34,40-42,44-45,49,54,70-71H,16-17,21,23-25,29-31H2,1-4H3,(H2,59,65)(H,63,72)/b8-7+/t34-,40?,41?,42+,44?,45?,49-,54-/m0/s1. The van der Waals surface area contributed by atoms with Crippen molar-refractivity contribution in [1.29, 1.82) is 0 Å². The van der Waals surface area contributed by atoms with E-state index < -0.39 is 18.1 Å². The van der Waals surface area contributed by atoms with Crippen molar-refractivity contribution in [2.24, 2.45) is 5.92 Å². The van der Waals surface area contributed by atoms with E-state index in [1.165, 1.54) is 4.90 Å². The average molecular weight is 1070 g/mol. The highest BCUT2D eigenvalue weighted by Crippen LogP contribution is 2.41. The Morgan fingerprint density at radius 3 is 2.41 bits per heavy atom. The number of aromatic hydroxyl groups is 1. The Kier molecular flexibility index (Phi) is 15.0. The number of para-hydroxylation sites is 1. The Bertz CT molecular complexity index is 3260. The van der Waals surface area contributed by atoms with E-state index in [4.69, 9.17) is 24.5 Å². The number of aliphatic hydroxyl groups is 1. The SMILES string of the molecule is Cc1ncsc1-c1ccc([C@H](C)NC(=O)[C@@H]2C[C@@H](O)CN2C(=O)[C@H](c2cc(OC/C=C/c3ccc(OC4CC(Oc5cc(N6C7CCC6CN(c6cc(-c8ccccc8O)nnc6N)C7)ccn5)C4)cn3)no2)C(C)C)cc1. The van der Waals surface area contributed by atoms with Gasteiger partial charge in [-0.3, -0.25) is 14.6 Å². The molecule has 0 radical (unpaired) electrons. The van der Waals surface area contributed by atoms with Crippen molar-refractivity contribution in [3.63, 3.8) is 0 Å². The number of aryl methyl sites for hydroxylation is 1. The van der Waals surface area contributed by atoms with Gasteiger partial charge in [-0.1, -0.05) is 50.2 Å². The first kappa shape index (κ1) is 52.0. The van der Waals surface area contributed by atoms with Crippen LogP contribution in [0.5, 0.6) is 23.3 Å². The number of thiazole rings is 1. The quantitative estimate of drug-likeness (QED) is 0.0634. The van der Waals surface area contributed by atoms with Gasteiger partial charge in [0.15, 0.2) is 11.6 Å². The number of hydrogen-bond donors (Lipinski definition) is 4. The second-order valence-electron chi connectivity index (χ2n) is 21.0. The molecule has 6 atom stereocenters. The number of hydrogen-bond acceptors (Lipinski definition) is 18. The molecule has 3 saturated heterocycles. The predicted octanol–water partition coefficient (Wildman–Crippen LogP) is 8.16. The summed E-state index contributed by atoms with van der Waals surface area (Å²) in [4.78, 5) is 48.7. The minimum Gasteiger partial charge on any atom is -0.507 e. The highest BCUT2D eigenvalue weighted by atomic mass is 32.1. The van der Waals surface area contributed by atoms with Crippen LogP contribution in [0, 0.1) is 12.8 Å². The molecular weight excluding hydrogens is 1010 g/mol. The number of carbonyl (C=O) groups excluding carboxylic acids is 2. The summed E-state index contributed by atoms with van der Waals surface area (Å²) in [7, 11) is 0. The number of ether oxygens (including phenoxy) is 3. The van der Waals surface area contributed by atoms with Gasteiger partial charge in [0.05, 0.1) is 51.5 Å². The molecule has 78 heavy (non-hydrogen) atoms. The zero-order chi connectivity index (χ0) is 54.0. The summed E-state index contributed by atoms with van der Waals surface area (Å²) in [5.41, 5.74) is 15.0. The molecule has 2 unspecified atom stereocenters. The van der Waals surface area contributed by atoms with E-state index in [1.807, 2.05) is 112 Å². The van der Waals surface area contributed by atoms with E-state index in [0.29, 0.717) is 40.2 Å². The first-order valence-electron chi connectivity index (χ1n) is 26.6. The fourth-order valence-corrected chi connectivity index (χ4v) is 12.0. The molecule has 1 saturated carbocycles. The summed E-state index contributed by atoms with van der Waals surface area (Å²) in [6.07, 6.45) is 9.95. The molecule has 4 aliphatic rings. The second-order valence-corrected chi connectivity index (χ2v) is 21.8. The van der Waals surface area contributed by atoms with E-state index >= 15 is 0 Å². The summed E-state index contributed by atoms with van der Waals surface area (Å²) >= 11 is 1.58. The topological polar surface area (TPSA) is 241 Å². The molecule has 19 nitrogen and oxygen atoms in total. The number of fused-ring (bicyclic) bond motifs is 2. The Balaban J connectivity index is 0.623. The van der Waals surface area contributed by atoms with Crippen LogP contribution in [0.4, 0.5) is 17.2 Å². The highest BCUT2D eigenvalue weighted by molar-refractivity contribution is 7.13. The van der Waals surface area contributed by atoms with Crippen LogP contribution in [0.15, 0.2) is 113 Å². The third-order valence-corrected chi connectivity index (χ3v) is 16.2. The number of benzene rings is 2. The molecular formula is C58H63N11O8S. The molecule has 0 spiro atoms. The van der Waals surface area contributed by atoms with Gasteiger partial charge in [0, 0.05) is 80.6 Å². The number of likely N-dealkylation sites (tertiary alicyclic amines) is 1. The number of aromatic nitrogens is 6. The molecule has 11 rings (SSSR count). The molecule has 4 fully saturated rings. The first-order chi connectivity index (χ1) is 37.8. The molecule has 8 heterocycles. The number of nitrogens with two attached hydrogens (primary N) is 1. The minimum absolute atomic E-state index is 0.0102. The van der Waals surface area contributed by atoms with Gasteiger partial charge in [-0.15, -0.1) is 21.5 Å². The number of anilines is 3. The van der Waals surface area contributed by atoms with Gasteiger partial charge in [-0.2, -0.15) is 0 Å². The van der Waals surface area contributed by atoms with Crippen molar-refractivity contribution in [1.82, 2.24) is 40.5 Å². The summed E-state index contributed by atoms with van der Waals surface area (Å²) in [5.74, 6) is 0.684. The normalized spacial score (nSPS) is 21.6. The molecule has 2 amide bonds. The van der Waals surface area contributed by atoms with Crippen molar-refractivity contribution in [2.75, 3.05) is 41.8 Å². The Morgan fingerprint density at radius 2 is 1.68 bits per heavy atom. The lowest BCUT2D eigenvalue weighted by Crippen LogP contribution is -2.54. The number of nitrogens with zero attached hydrogens (tertiary/aromatic N) is 9. The van der Waals surface area contributed by atoms with Gasteiger partial charge in [0.1, 0.15) is 42.3 Å². The fraction of sp³-hybridized carbons (Fsp3) is 0.379. The zero-order valence-corrected chi connectivity index (χ0v) is 44.7. The Labute approximate surface area is 456 Å². The maximum atomic E-state index is 14.2. The van der Waals surface area contributed by atoms with E-state index in [0.717, 1.165) is 71.8 Å². The van der Waals surface area contributed by atoms with E-state index in [2.05, 4.69) is 51.5 Å². The summed E-state index contributed by atoms with van der Waals surface area (Å²) < 4.78 is 24.1. The number of nitrogen functional groups attached to an aromatic ring is 1. The molecule has 1 aliphatic carbocycles. The first-order valence-corrected chi connectivity index (χ1v) is 27.4. The largest absolute Gasteiger partial charge is 0.507 e. The Morgan fingerprint density at radius 1 is 0.897 bits per heavy atom. The number of phenols is 1. The average Bonchev–Trinajstić information content (AvgIpc) is 4.28. The summed E-state index contributed by atoms with van der Waals surface area (Å²) in [5, 5.41) is 36.8. The van der Waals surface area contributed by atoms with Gasteiger partial charge in [-0.05, 0) is 97.4 Å². The van der Waals surface area contributed by atoms with Gasteiger partial charge in [-0.25, -0.2) is 9.97 Å². The number of rotatable bonds is 18.